The van der Waals surface area contributed by atoms with Crippen LogP contribution in [0.1, 0.15) is 23.0 Å². The fourth-order valence-electron chi connectivity index (χ4n) is 1.61. The molecular weight excluding hydrogens is 347 g/mol. The molecule has 0 fully saturated rings. The van der Waals surface area contributed by atoms with Crippen molar-refractivity contribution in [3.05, 3.63) is 44.9 Å². The number of carbonyl (C=O) groups excluding carboxylic acids is 2. The molecule has 0 saturated carbocycles. The maximum atomic E-state index is 12.1. The highest BCUT2D eigenvalue weighted by Crippen LogP contribution is 2.23. The van der Waals surface area contributed by atoms with E-state index in [1.807, 2.05) is 0 Å². The first kappa shape index (κ1) is 16.7. The van der Waals surface area contributed by atoms with Gasteiger partial charge in [0, 0.05) is 10.9 Å². The average Bonchev–Trinajstić information content (AvgIpc) is 2.89. The summed E-state index contributed by atoms with van der Waals surface area (Å²) in [5, 5.41) is 5.42. The molecule has 0 aliphatic rings. The molecule has 0 radical (unpaired) electrons. The minimum absolute atomic E-state index is 0.0764. The van der Waals surface area contributed by atoms with Crippen LogP contribution in [0.3, 0.4) is 0 Å². The summed E-state index contributed by atoms with van der Waals surface area (Å²) in [6.45, 7) is 2.06. The number of hydrogen-bond acceptors (Lipinski definition) is 5. The van der Waals surface area contributed by atoms with Crippen LogP contribution in [0.25, 0.3) is 0 Å². The fraction of sp³-hybridized carbons (Fsp3) is 0.214. The molecule has 116 valence electrons. The minimum Gasteiger partial charge on any atom is -0.466 e. The third kappa shape index (κ3) is 4.43. The van der Waals surface area contributed by atoms with Crippen molar-refractivity contribution in [1.29, 1.82) is 0 Å². The number of carbonyl (C=O) groups is 2. The van der Waals surface area contributed by atoms with E-state index in [0.29, 0.717) is 33.0 Å². The predicted molar refractivity (Wildman–Crippen MR) is 86.9 cm³/mol. The molecule has 0 unspecified atom stereocenters. The lowest BCUT2D eigenvalue weighted by Gasteiger charge is -2.03. The molecule has 1 heterocycles. The highest BCUT2D eigenvalue weighted by molar-refractivity contribution is 7.14. The van der Waals surface area contributed by atoms with Crippen molar-refractivity contribution in [2.45, 2.75) is 13.3 Å². The van der Waals surface area contributed by atoms with Gasteiger partial charge in [-0.2, -0.15) is 0 Å². The largest absolute Gasteiger partial charge is 0.466 e. The van der Waals surface area contributed by atoms with Crippen molar-refractivity contribution in [3.8, 4) is 0 Å². The van der Waals surface area contributed by atoms with E-state index in [0.717, 1.165) is 0 Å². The number of halogens is 2. The van der Waals surface area contributed by atoms with Crippen LogP contribution in [0.2, 0.25) is 10.0 Å². The van der Waals surface area contributed by atoms with Gasteiger partial charge in [-0.05, 0) is 25.1 Å². The highest BCUT2D eigenvalue weighted by Gasteiger charge is 2.12. The van der Waals surface area contributed by atoms with E-state index in [9.17, 15) is 9.59 Å². The summed E-state index contributed by atoms with van der Waals surface area (Å²) in [6, 6.07) is 4.59. The molecule has 8 heteroatoms. The van der Waals surface area contributed by atoms with Gasteiger partial charge in [0.2, 0.25) is 0 Å². The maximum absolute atomic E-state index is 12.1. The molecule has 1 amide bonds. The predicted octanol–water partition coefficient (Wildman–Crippen LogP) is 3.81. The number of rotatable bonds is 5. The molecule has 0 bridgehead atoms. The molecular formula is C14H12Cl2N2O3S. The summed E-state index contributed by atoms with van der Waals surface area (Å²) in [7, 11) is 0. The average molecular weight is 359 g/mol. The smallest absolute Gasteiger partial charge is 0.311 e. The molecule has 0 aliphatic heterocycles. The Morgan fingerprint density at radius 1 is 1.32 bits per heavy atom. The Hall–Kier alpha value is -1.63. The topological polar surface area (TPSA) is 68.3 Å². The molecule has 0 spiro atoms. The summed E-state index contributed by atoms with van der Waals surface area (Å²) < 4.78 is 4.84. The summed E-state index contributed by atoms with van der Waals surface area (Å²) in [5.41, 5.74) is 0.921. The van der Waals surface area contributed by atoms with Crippen LogP contribution < -0.4 is 5.32 Å². The van der Waals surface area contributed by atoms with E-state index in [1.165, 1.54) is 17.4 Å². The molecule has 1 N–H and O–H groups in total. The van der Waals surface area contributed by atoms with Crippen LogP contribution in [-0.2, 0) is 16.0 Å². The third-order valence-electron chi connectivity index (χ3n) is 2.58. The third-order valence-corrected chi connectivity index (χ3v) is 4.13. The Morgan fingerprint density at radius 2 is 2.09 bits per heavy atom. The van der Waals surface area contributed by atoms with Gasteiger partial charge in [-0.15, -0.1) is 11.3 Å². The van der Waals surface area contributed by atoms with Crippen LogP contribution in [0, 0.1) is 0 Å². The minimum atomic E-state index is -0.352. The van der Waals surface area contributed by atoms with Gasteiger partial charge in [0.25, 0.3) is 5.91 Å². The van der Waals surface area contributed by atoms with Crippen molar-refractivity contribution in [1.82, 2.24) is 4.98 Å². The zero-order chi connectivity index (χ0) is 16.1. The Bertz CT molecular complexity index is 703. The highest BCUT2D eigenvalue weighted by atomic mass is 35.5. The van der Waals surface area contributed by atoms with Gasteiger partial charge >= 0.3 is 5.97 Å². The van der Waals surface area contributed by atoms with E-state index < -0.39 is 0 Å². The van der Waals surface area contributed by atoms with Crippen molar-refractivity contribution < 1.29 is 14.3 Å². The second-order valence-corrected chi connectivity index (χ2v) is 5.88. The number of anilines is 1. The van der Waals surface area contributed by atoms with Gasteiger partial charge in [0.1, 0.15) is 0 Å². The van der Waals surface area contributed by atoms with Gasteiger partial charge in [0.05, 0.1) is 28.8 Å². The fourth-order valence-corrected chi connectivity index (χ4v) is 2.62. The van der Waals surface area contributed by atoms with Gasteiger partial charge in [-0.1, -0.05) is 23.2 Å². The van der Waals surface area contributed by atoms with Crippen molar-refractivity contribution in [3.63, 3.8) is 0 Å². The molecule has 0 saturated heterocycles. The maximum Gasteiger partial charge on any atom is 0.311 e. The quantitative estimate of drug-likeness (QED) is 0.825. The van der Waals surface area contributed by atoms with Gasteiger partial charge in [0.15, 0.2) is 5.13 Å². The first-order valence-electron chi connectivity index (χ1n) is 6.36. The first-order valence-corrected chi connectivity index (χ1v) is 7.99. The van der Waals surface area contributed by atoms with Crippen LogP contribution in [0.5, 0.6) is 0 Å². The lowest BCUT2D eigenvalue weighted by molar-refractivity contribution is -0.142. The monoisotopic (exact) mass is 358 g/mol. The molecule has 2 aromatic rings. The Morgan fingerprint density at radius 3 is 2.77 bits per heavy atom. The number of ether oxygens (including phenoxy) is 1. The summed E-state index contributed by atoms with van der Waals surface area (Å²) in [6.07, 6.45) is 0.0764. The van der Waals surface area contributed by atoms with Crippen molar-refractivity contribution in [2.75, 3.05) is 11.9 Å². The van der Waals surface area contributed by atoms with E-state index >= 15 is 0 Å². The molecule has 22 heavy (non-hydrogen) atoms. The van der Waals surface area contributed by atoms with Crippen LogP contribution in [0.4, 0.5) is 5.13 Å². The molecule has 2 rings (SSSR count). The molecule has 0 aliphatic carbocycles. The summed E-state index contributed by atoms with van der Waals surface area (Å²) in [4.78, 5) is 27.6. The van der Waals surface area contributed by atoms with E-state index in [-0.39, 0.29) is 18.3 Å². The lowest BCUT2D eigenvalue weighted by Crippen LogP contribution is -2.12. The Balaban J connectivity index is 2.01. The second-order valence-electron chi connectivity index (χ2n) is 4.21. The Labute approximate surface area is 141 Å². The molecule has 5 nitrogen and oxygen atoms in total. The molecule has 0 atom stereocenters. The number of nitrogens with one attached hydrogen (secondary N) is 1. The second kappa shape index (κ2) is 7.58. The normalized spacial score (nSPS) is 10.3. The first-order chi connectivity index (χ1) is 10.5. The number of esters is 1. The van der Waals surface area contributed by atoms with Crippen molar-refractivity contribution in [2.24, 2.45) is 0 Å². The van der Waals surface area contributed by atoms with Gasteiger partial charge < -0.3 is 4.74 Å². The number of nitrogens with zero attached hydrogens (tertiary/aromatic N) is 1. The van der Waals surface area contributed by atoms with Crippen molar-refractivity contribution >= 4 is 51.5 Å². The van der Waals surface area contributed by atoms with Crippen LogP contribution >= 0.6 is 34.5 Å². The number of thiazole rings is 1. The standard InChI is InChI=1S/C14H12Cl2N2O3S/c1-2-21-12(19)6-9-7-22-14(17-9)18-13(20)8-3-4-10(15)11(16)5-8/h3-5,7H,2,6H2,1H3,(H,17,18,20). The molecule has 1 aromatic heterocycles. The van der Waals surface area contributed by atoms with Gasteiger partial charge in [-0.25, -0.2) is 4.98 Å². The summed E-state index contributed by atoms with van der Waals surface area (Å²) in [5.74, 6) is -0.703. The zero-order valence-electron chi connectivity index (χ0n) is 11.6. The molecule has 1 aromatic carbocycles. The van der Waals surface area contributed by atoms with E-state index in [2.05, 4.69) is 10.3 Å². The number of hydrogen-bond donors (Lipinski definition) is 1. The zero-order valence-corrected chi connectivity index (χ0v) is 13.9. The van der Waals surface area contributed by atoms with Crippen LogP contribution in [0.15, 0.2) is 23.6 Å². The van der Waals surface area contributed by atoms with Gasteiger partial charge in [-0.3, -0.25) is 14.9 Å². The van der Waals surface area contributed by atoms with Crippen LogP contribution in [-0.4, -0.2) is 23.5 Å². The lowest BCUT2D eigenvalue weighted by atomic mass is 10.2. The number of aromatic nitrogens is 1. The Kier molecular flexibility index (Phi) is 5.76. The van der Waals surface area contributed by atoms with E-state index in [1.54, 1.807) is 24.4 Å². The SMILES string of the molecule is CCOC(=O)Cc1csc(NC(=O)c2ccc(Cl)c(Cl)c2)n1. The number of amides is 1. The summed E-state index contributed by atoms with van der Waals surface area (Å²) >= 11 is 12.9. The van der Waals surface area contributed by atoms with E-state index in [4.69, 9.17) is 27.9 Å². The number of benzene rings is 1.